The van der Waals surface area contributed by atoms with Crippen molar-refractivity contribution in [1.82, 2.24) is 0 Å². The van der Waals surface area contributed by atoms with Crippen molar-refractivity contribution >= 4 is 16.9 Å². The monoisotopic (exact) mass is 262 g/mol. The third-order valence-corrected chi connectivity index (χ3v) is 3.10. The van der Waals surface area contributed by atoms with Crippen LogP contribution in [-0.4, -0.2) is 24.1 Å². The van der Waals surface area contributed by atoms with Crippen LogP contribution >= 0.6 is 11.8 Å². The fourth-order valence-corrected chi connectivity index (χ4v) is 1.97. The van der Waals surface area contributed by atoms with Crippen molar-refractivity contribution in [3.63, 3.8) is 0 Å². The predicted molar refractivity (Wildman–Crippen MR) is 71.1 cm³/mol. The predicted octanol–water partition coefficient (Wildman–Crippen LogP) is 2.36. The van der Waals surface area contributed by atoms with Gasteiger partial charge in [0.25, 0.3) is 0 Å². The SMILES string of the molecule is CC(=O)SCC#Cc1ccccc1C1OCCO1. The molecular formula is C14H14O3S. The molecule has 1 fully saturated rings. The number of rotatable bonds is 2. The van der Waals surface area contributed by atoms with Crippen LogP contribution in [0.25, 0.3) is 0 Å². The van der Waals surface area contributed by atoms with Crippen molar-refractivity contribution in [3.05, 3.63) is 35.4 Å². The summed E-state index contributed by atoms with van der Waals surface area (Å²) < 4.78 is 10.9. The van der Waals surface area contributed by atoms with E-state index in [1.54, 1.807) is 6.92 Å². The lowest BCUT2D eigenvalue weighted by atomic mass is 10.1. The van der Waals surface area contributed by atoms with Crippen LogP contribution in [0.15, 0.2) is 24.3 Å². The van der Waals surface area contributed by atoms with Crippen molar-refractivity contribution in [2.75, 3.05) is 19.0 Å². The van der Waals surface area contributed by atoms with E-state index >= 15 is 0 Å². The molecule has 1 aromatic rings. The molecule has 2 rings (SSSR count). The van der Waals surface area contributed by atoms with E-state index in [0.29, 0.717) is 19.0 Å². The van der Waals surface area contributed by atoms with Gasteiger partial charge in [-0.1, -0.05) is 41.8 Å². The van der Waals surface area contributed by atoms with Crippen LogP contribution in [0.4, 0.5) is 0 Å². The zero-order valence-electron chi connectivity index (χ0n) is 10.1. The van der Waals surface area contributed by atoms with Gasteiger partial charge in [0.15, 0.2) is 11.4 Å². The molecule has 0 unspecified atom stereocenters. The molecule has 0 N–H and O–H groups in total. The summed E-state index contributed by atoms with van der Waals surface area (Å²) in [5.74, 6) is 6.55. The van der Waals surface area contributed by atoms with Gasteiger partial charge in [0, 0.05) is 18.1 Å². The van der Waals surface area contributed by atoms with E-state index in [1.807, 2.05) is 24.3 Å². The second-order valence-corrected chi connectivity index (χ2v) is 4.90. The lowest BCUT2D eigenvalue weighted by Crippen LogP contribution is -2.00. The molecule has 0 radical (unpaired) electrons. The average molecular weight is 262 g/mol. The first kappa shape index (κ1) is 13.2. The van der Waals surface area contributed by atoms with E-state index in [2.05, 4.69) is 11.8 Å². The Morgan fingerprint density at radius 1 is 1.39 bits per heavy atom. The Morgan fingerprint density at radius 2 is 2.11 bits per heavy atom. The van der Waals surface area contributed by atoms with Gasteiger partial charge in [0.05, 0.1) is 19.0 Å². The van der Waals surface area contributed by atoms with Gasteiger partial charge in [0.1, 0.15) is 0 Å². The molecule has 0 bridgehead atoms. The lowest BCUT2D eigenvalue weighted by molar-refractivity contribution is -0.109. The first-order chi connectivity index (χ1) is 8.77. The Labute approximate surface area is 111 Å². The average Bonchev–Trinajstić information content (AvgIpc) is 2.88. The largest absolute Gasteiger partial charge is 0.346 e. The van der Waals surface area contributed by atoms with Gasteiger partial charge in [-0.05, 0) is 6.07 Å². The summed E-state index contributed by atoms with van der Waals surface area (Å²) in [5.41, 5.74) is 1.85. The minimum Gasteiger partial charge on any atom is -0.346 e. The van der Waals surface area contributed by atoms with Crippen molar-refractivity contribution < 1.29 is 14.3 Å². The number of carbonyl (C=O) groups is 1. The number of carbonyl (C=O) groups excluding carboxylic acids is 1. The molecule has 1 saturated heterocycles. The molecule has 0 aromatic heterocycles. The molecule has 4 heteroatoms. The molecule has 0 saturated carbocycles. The fourth-order valence-electron chi connectivity index (χ4n) is 1.62. The van der Waals surface area contributed by atoms with Crippen LogP contribution in [0, 0.1) is 11.8 Å². The number of thioether (sulfide) groups is 1. The van der Waals surface area contributed by atoms with Gasteiger partial charge in [-0.25, -0.2) is 0 Å². The second-order valence-electron chi connectivity index (χ2n) is 3.74. The maximum atomic E-state index is 10.8. The number of hydrogen-bond acceptors (Lipinski definition) is 4. The minimum atomic E-state index is -0.309. The summed E-state index contributed by atoms with van der Waals surface area (Å²) in [6, 6.07) is 7.76. The molecule has 1 aliphatic rings. The highest BCUT2D eigenvalue weighted by molar-refractivity contribution is 8.13. The van der Waals surface area contributed by atoms with E-state index in [-0.39, 0.29) is 11.4 Å². The van der Waals surface area contributed by atoms with E-state index in [1.165, 1.54) is 11.8 Å². The zero-order valence-corrected chi connectivity index (χ0v) is 11.0. The molecule has 0 spiro atoms. The van der Waals surface area contributed by atoms with E-state index in [4.69, 9.17) is 9.47 Å². The molecule has 0 aliphatic carbocycles. The van der Waals surface area contributed by atoms with Crippen molar-refractivity contribution in [2.45, 2.75) is 13.2 Å². The molecule has 1 aliphatic heterocycles. The maximum Gasteiger partial charge on any atom is 0.186 e. The molecular weight excluding hydrogens is 248 g/mol. The fraction of sp³-hybridized carbons (Fsp3) is 0.357. The Hall–Kier alpha value is -1.28. The number of hydrogen-bond donors (Lipinski definition) is 0. The first-order valence-corrected chi connectivity index (χ1v) is 6.70. The molecule has 3 nitrogen and oxygen atoms in total. The quantitative estimate of drug-likeness (QED) is 0.767. The number of benzene rings is 1. The second kappa shape index (κ2) is 6.60. The molecule has 94 valence electrons. The zero-order chi connectivity index (χ0) is 12.8. The van der Waals surface area contributed by atoms with Gasteiger partial charge in [-0.3, -0.25) is 4.79 Å². The Balaban J connectivity index is 2.09. The molecule has 0 atom stereocenters. The maximum absolute atomic E-state index is 10.8. The highest BCUT2D eigenvalue weighted by Crippen LogP contribution is 2.25. The van der Waals surface area contributed by atoms with Crippen LogP contribution in [0.3, 0.4) is 0 Å². The van der Waals surface area contributed by atoms with E-state index in [9.17, 15) is 4.79 Å². The topological polar surface area (TPSA) is 35.5 Å². The van der Waals surface area contributed by atoms with Gasteiger partial charge < -0.3 is 9.47 Å². The highest BCUT2D eigenvalue weighted by Gasteiger charge is 2.20. The molecule has 18 heavy (non-hydrogen) atoms. The van der Waals surface area contributed by atoms with Crippen LogP contribution < -0.4 is 0 Å². The molecule has 1 heterocycles. The summed E-state index contributed by atoms with van der Waals surface area (Å²) in [5, 5.41) is 0.0834. The normalized spacial score (nSPS) is 15.2. The highest BCUT2D eigenvalue weighted by atomic mass is 32.2. The third kappa shape index (κ3) is 3.61. The van der Waals surface area contributed by atoms with Crippen LogP contribution in [0.1, 0.15) is 24.3 Å². The minimum absolute atomic E-state index is 0.0834. The van der Waals surface area contributed by atoms with Gasteiger partial charge >= 0.3 is 0 Å². The summed E-state index contributed by atoms with van der Waals surface area (Å²) in [7, 11) is 0. The van der Waals surface area contributed by atoms with Gasteiger partial charge in [-0.2, -0.15) is 0 Å². The van der Waals surface area contributed by atoms with Crippen molar-refractivity contribution in [1.29, 1.82) is 0 Å². The van der Waals surface area contributed by atoms with E-state index < -0.39 is 0 Å². The van der Waals surface area contributed by atoms with Crippen LogP contribution in [-0.2, 0) is 14.3 Å². The Bertz CT molecular complexity index is 481. The summed E-state index contributed by atoms with van der Waals surface area (Å²) in [6.45, 7) is 2.78. The van der Waals surface area contributed by atoms with Crippen LogP contribution in [0.5, 0.6) is 0 Å². The van der Waals surface area contributed by atoms with Crippen molar-refractivity contribution in [2.24, 2.45) is 0 Å². The summed E-state index contributed by atoms with van der Waals surface area (Å²) in [4.78, 5) is 10.8. The molecule has 1 aromatic carbocycles. The summed E-state index contributed by atoms with van der Waals surface area (Å²) >= 11 is 1.21. The van der Waals surface area contributed by atoms with Gasteiger partial charge in [-0.15, -0.1) is 0 Å². The Morgan fingerprint density at radius 3 is 2.83 bits per heavy atom. The lowest BCUT2D eigenvalue weighted by Gasteiger charge is -2.10. The van der Waals surface area contributed by atoms with Crippen LogP contribution in [0.2, 0.25) is 0 Å². The smallest absolute Gasteiger partial charge is 0.186 e. The molecule has 0 amide bonds. The third-order valence-electron chi connectivity index (χ3n) is 2.41. The number of ether oxygens (including phenoxy) is 2. The standard InChI is InChI=1S/C14H14O3S/c1-11(15)18-10-4-6-12-5-2-3-7-13(12)14-16-8-9-17-14/h2-3,5,7,14H,8-10H2,1H3. The van der Waals surface area contributed by atoms with Gasteiger partial charge in [0.2, 0.25) is 0 Å². The van der Waals surface area contributed by atoms with Crippen molar-refractivity contribution in [3.8, 4) is 11.8 Å². The summed E-state index contributed by atoms with van der Waals surface area (Å²) in [6.07, 6.45) is -0.309. The van der Waals surface area contributed by atoms with E-state index in [0.717, 1.165) is 11.1 Å². The Kier molecular flexibility index (Phi) is 4.82. The first-order valence-electron chi connectivity index (χ1n) is 5.72.